The number of ketones is 1. The lowest BCUT2D eigenvalue weighted by Crippen LogP contribution is -2.47. The van der Waals surface area contributed by atoms with E-state index in [4.69, 9.17) is 20.9 Å². The van der Waals surface area contributed by atoms with E-state index in [1.807, 2.05) is 0 Å². The fourth-order valence-electron chi connectivity index (χ4n) is 2.14. The number of hydrogen-bond acceptors (Lipinski definition) is 6. The minimum Gasteiger partial charge on any atom is -0.481 e. The van der Waals surface area contributed by atoms with Crippen molar-refractivity contribution >= 4 is 18.9 Å². The van der Waals surface area contributed by atoms with Crippen molar-refractivity contribution in [3.05, 3.63) is 0 Å². The molecule has 102 valence electrons. The van der Waals surface area contributed by atoms with Crippen molar-refractivity contribution in [2.45, 2.75) is 37.7 Å². The first-order valence-electron chi connectivity index (χ1n) is 6.02. The molecule has 1 fully saturated rings. The van der Waals surface area contributed by atoms with Gasteiger partial charge >= 0.3 is 13.1 Å². The zero-order valence-electron chi connectivity index (χ0n) is 10.2. The largest absolute Gasteiger partial charge is 0.481 e. The lowest BCUT2D eigenvalue weighted by molar-refractivity contribution is -0.137. The SMILES string of the molecule is NC(CCC(=O)O)C(=O)CN1CCCC1B(O)O. The Hall–Kier alpha value is -0.955. The van der Waals surface area contributed by atoms with Gasteiger partial charge in [-0.15, -0.1) is 0 Å². The van der Waals surface area contributed by atoms with Gasteiger partial charge < -0.3 is 20.9 Å². The van der Waals surface area contributed by atoms with Crippen molar-refractivity contribution in [3.8, 4) is 0 Å². The molecule has 5 N–H and O–H groups in total. The molecule has 2 unspecified atom stereocenters. The molecule has 0 spiro atoms. The molecule has 1 aliphatic heterocycles. The summed E-state index contributed by atoms with van der Waals surface area (Å²) in [5.41, 5.74) is 5.60. The number of likely N-dealkylation sites (tertiary alicyclic amines) is 1. The molecular weight excluding hydrogens is 239 g/mol. The first-order valence-corrected chi connectivity index (χ1v) is 6.02. The molecule has 0 amide bonds. The third-order valence-electron chi connectivity index (χ3n) is 3.20. The lowest BCUT2D eigenvalue weighted by atomic mass is 9.78. The smallest absolute Gasteiger partial charge is 0.469 e. The summed E-state index contributed by atoms with van der Waals surface area (Å²) in [4.78, 5) is 23.8. The van der Waals surface area contributed by atoms with Crippen LogP contribution < -0.4 is 5.73 Å². The number of nitrogens with two attached hydrogens (primary N) is 1. The molecule has 1 rings (SSSR count). The van der Waals surface area contributed by atoms with Crippen LogP contribution in [-0.4, -0.2) is 64.0 Å². The van der Waals surface area contributed by atoms with Crippen LogP contribution in [0.4, 0.5) is 0 Å². The highest BCUT2D eigenvalue weighted by Crippen LogP contribution is 2.17. The summed E-state index contributed by atoms with van der Waals surface area (Å²) >= 11 is 0. The van der Waals surface area contributed by atoms with E-state index in [9.17, 15) is 9.59 Å². The van der Waals surface area contributed by atoms with E-state index >= 15 is 0 Å². The second-order valence-electron chi connectivity index (χ2n) is 4.60. The predicted molar refractivity (Wildman–Crippen MR) is 64.6 cm³/mol. The van der Waals surface area contributed by atoms with Crippen LogP contribution in [-0.2, 0) is 9.59 Å². The number of Topliss-reactive ketones (excluding diaryl/α,β-unsaturated/α-hetero) is 1. The van der Waals surface area contributed by atoms with Gasteiger partial charge in [0.25, 0.3) is 0 Å². The van der Waals surface area contributed by atoms with Gasteiger partial charge in [0.15, 0.2) is 5.78 Å². The molecule has 7 nitrogen and oxygen atoms in total. The first-order chi connectivity index (χ1) is 8.41. The normalized spacial score (nSPS) is 21.8. The molecule has 0 aromatic heterocycles. The Kier molecular flexibility index (Phi) is 5.74. The Morgan fingerprint density at radius 2 is 2.11 bits per heavy atom. The van der Waals surface area contributed by atoms with Crippen molar-refractivity contribution in [2.75, 3.05) is 13.1 Å². The van der Waals surface area contributed by atoms with Crippen molar-refractivity contribution in [3.63, 3.8) is 0 Å². The number of carboxylic acids is 1. The van der Waals surface area contributed by atoms with Gasteiger partial charge in [-0.2, -0.15) is 0 Å². The Labute approximate surface area is 106 Å². The fourth-order valence-corrected chi connectivity index (χ4v) is 2.14. The third-order valence-corrected chi connectivity index (χ3v) is 3.20. The summed E-state index contributed by atoms with van der Waals surface area (Å²) in [6, 6.07) is -0.807. The average molecular weight is 258 g/mol. The van der Waals surface area contributed by atoms with Gasteiger partial charge in [0.1, 0.15) is 0 Å². The third kappa shape index (κ3) is 4.38. The number of nitrogens with zero attached hydrogens (tertiary/aromatic N) is 1. The van der Waals surface area contributed by atoms with Crippen LogP contribution in [0.1, 0.15) is 25.7 Å². The highest BCUT2D eigenvalue weighted by molar-refractivity contribution is 6.43. The van der Waals surface area contributed by atoms with Gasteiger partial charge in [-0.1, -0.05) is 0 Å². The molecule has 0 aliphatic carbocycles. The summed E-state index contributed by atoms with van der Waals surface area (Å²) in [7, 11) is -1.46. The highest BCUT2D eigenvalue weighted by Gasteiger charge is 2.35. The topological polar surface area (TPSA) is 124 Å². The second-order valence-corrected chi connectivity index (χ2v) is 4.60. The van der Waals surface area contributed by atoms with Crippen molar-refractivity contribution in [1.29, 1.82) is 0 Å². The Balaban J connectivity index is 2.41. The van der Waals surface area contributed by atoms with Gasteiger partial charge in [0.05, 0.1) is 12.6 Å². The molecule has 0 bridgehead atoms. The number of carboxylic acid groups (broad SMARTS) is 1. The average Bonchev–Trinajstić information content (AvgIpc) is 2.73. The molecule has 0 saturated carbocycles. The predicted octanol–water partition coefficient (Wildman–Crippen LogP) is -1.78. The maximum Gasteiger partial charge on any atom is 0.469 e. The summed E-state index contributed by atoms with van der Waals surface area (Å²) in [6.07, 6.45) is 1.41. The van der Waals surface area contributed by atoms with Gasteiger partial charge in [-0.3, -0.25) is 14.5 Å². The molecule has 1 heterocycles. The number of rotatable bonds is 7. The van der Waals surface area contributed by atoms with Crippen LogP contribution >= 0.6 is 0 Å². The Bertz CT molecular complexity index is 313. The standard InChI is InChI=1S/C10H19BN2O5/c12-7(3-4-10(15)16)8(14)6-13-5-1-2-9(13)11(17)18/h7,9,17-18H,1-6,12H2,(H,15,16). The summed E-state index contributed by atoms with van der Waals surface area (Å²) in [6.45, 7) is 0.669. The molecule has 0 radical (unpaired) electrons. The van der Waals surface area contributed by atoms with E-state index in [0.29, 0.717) is 13.0 Å². The molecule has 1 aliphatic rings. The summed E-state index contributed by atoms with van der Waals surface area (Å²) in [5.74, 6) is -1.67. The molecule has 8 heteroatoms. The molecule has 1 saturated heterocycles. The molecule has 18 heavy (non-hydrogen) atoms. The molecule has 2 atom stereocenters. The van der Waals surface area contributed by atoms with Crippen LogP contribution in [0.3, 0.4) is 0 Å². The molecular formula is C10H19BN2O5. The maximum atomic E-state index is 11.8. The van der Waals surface area contributed by atoms with E-state index in [0.717, 1.165) is 6.42 Å². The molecule has 0 aromatic rings. The number of carbonyl (C=O) groups excluding carboxylic acids is 1. The van der Waals surface area contributed by atoms with E-state index in [1.54, 1.807) is 4.90 Å². The van der Waals surface area contributed by atoms with Crippen LogP contribution in [0.25, 0.3) is 0 Å². The summed E-state index contributed by atoms with van der Waals surface area (Å²) in [5, 5.41) is 26.8. The molecule has 0 aromatic carbocycles. The first kappa shape index (κ1) is 15.1. The van der Waals surface area contributed by atoms with Crippen molar-refractivity contribution < 1.29 is 24.7 Å². The van der Waals surface area contributed by atoms with E-state index < -0.39 is 25.1 Å². The fraction of sp³-hybridized carbons (Fsp3) is 0.800. The number of carbonyl (C=O) groups is 2. The minimum absolute atomic E-state index is 0.0447. The van der Waals surface area contributed by atoms with Crippen molar-refractivity contribution in [2.24, 2.45) is 5.73 Å². The zero-order chi connectivity index (χ0) is 13.7. The van der Waals surface area contributed by atoms with Crippen LogP contribution in [0.5, 0.6) is 0 Å². The number of hydrogen-bond donors (Lipinski definition) is 4. The van der Waals surface area contributed by atoms with Crippen LogP contribution in [0, 0.1) is 0 Å². The van der Waals surface area contributed by atoms with E-state index in [1.165, 1.54) is 0 Å². The van der Waals surface area contributed by atoms with E-state index in [-0.39, 0.29) is 25.2 Å². The van der Waals surface area contributed by atoms with Crippen LogP contribution in [0.2, 0.25) is 0 Å². The monoisotopic (exact) mass is 258 g/mol. The van der Waals surface area contributed by atoms with Gasteiger partial charge in [0, 0.05) is 12.4 Å². The van der Waals surface area contributed by atoms with Crippen molar-refractivity contribution in [1.82, 2.24) is 4.90 Å². The Morgan fingerprint density at radius 1 is 1.44 bits per heavy atom. The zero-order valence-corrected chi connectivity index (χ0v) is 10.2. The maximum absolute atomic E-state index is 11.8. The summed E-state index contributed by atoms with van der Waals surface area (Å²) < 4.78 is 0. The van der Waals surface area contributed by atoms with Gasteiger partial charge in [-0.05, 0) is 25.8 Å². The lowest BCUT2D eigenvalue weighted by Gasteiger charge is -2.24. The van der Waals surface area contributed by atoms with Crippen LogP contribution in [0.15, 0.2) is 0 Å². The second kappa shape index (κ2) is 6.84. The van der Waals surface area contributed by atoms with Gasteiger partial charge in [-0.25, -0.2) is 0 Å². The van der Waals surface area contributed by atoms with E-state index in [2.05, 4.69) is 0 Å². The highest BCUT2D eigenvalue weighted by atomic mass is 16.4. The Morgan fingerprint density at radius 3 is 2.67 bits per heavy atom. The number of aliphatic carboxylic acids is 1. The minimum atomic E-state index is -1.46. The quantitative estimate of drug-likeness (QED) is 0.398. The van der Waals surface area contributed by atoms with Gasteiger partial charge in [0.2, 0.25) is 0 Å².